The lowest BCUT2D eigenvalue weighted by atomic mass is 9.80. The van der Waals surface area contributed by atoms with Gasteiger partial charge >= 0.3 is 0 Å². The van der Waals surface area contributed by atoms with Crippen LogP contribution in [0.2, 0.25) is 5.02 Å². The molecule has 114 valence electrons. The molecule has 20 heavy (non-hydrogen) atoms. The molecular weight excluding hydrogens is 270 g/mol. The van der Waals surface area contributed by atoms with Gasteiger partial charge in [-0.15, -0.1) is 0 Å². The smallest absolute Gasteiger partial charge is 0.0847 e. The first kappa shape index (κ1) is 15.8. The Kier molecular flexibility index (Phi) is 5.14. The Bertz CT molecular complexity index is 451. The zero-order valence-corrected chi connectivity index (χ0v) is 14.1. The Morgan fingerprint density at radius 2 is 2.10 bits per heavy atom. The number of hydrogen-bond acceptors (Lipinski definition) is 2. The molecule has 0 aromatic carbocycles. The third-order valence-corrected chi connectivity index (χ3v) is 5.03. The Morgan fingerprint density at radius 1 is 1.40 bits per heavy atom. The fourth-order valence-corrected chi connectivity index (χ4v) is 3.30. The zero-order chi connectivity index (χ0) is 14.8. The summed E-state index contributed by atoms with van der Waals surface area (Å²) in [4.78, 5) is 0. The highest BCUT2D eigenvalue weighted by molar-refractivity contribution is 6.31. The molecule has 1 aliphatic carbocycles. The van der Waals surface area contributed by atoms with Crippen LogP contribution in [0.1, 0.15) is 51.4 Å². The summed E-state index contributed by atoms with van der Waals surface area (Å²) < 4.78 is 2.08. The van der Waals surface area contributed by atoms with Crippen molar-refractivity contribution in [3.05, 3.63) is 16.4 Å². The van der Waals surface area contributed by atoms with E-state index in [-0.39, 0.29) is 0 Å². The van der Waals surface area contributed by atoms with Crippen LogP contribution in [0, 0.1) is 18.3 Å². The van der Waals surface area contributed by atoms with Gasteiger partial charge in [0, 0.05) is 13.1 Å². The Morgan fingerprint density at radius 3 is 2.65 bits per heavy atom. The van der Waals surface area contributed by atoms with Crippen molar-refractivity contribution in [3.8, 4) is 0 Å². The van der Waals surface area contributed by atoms with Crippen LogP contribution in [0.3, 0.4) is 0 Å². The molecule has 0 amide bonds. The second-order valence-corrected chi connectivity index (χ2v) is 6.82. The SMILES string of the molecule is CCCNCC(C)(Cc1c(Cl)c(C)nn1CC)C1CC1. The van der Waals surface area contributed by atoms with Crippen LogP contribution in [0.25, 0.3) is 0 Å². The standard InChI is InChI=1S/C16H28ClN3/c1-5-9-18-11-16(4,13-7-8-13)10-14-15(17)12(3)19-20(14)6-2/h13,18H,5-11H2,1-4H3. The lowest BCUT2D eigenvalue weighted by molar-refractivity contribution is 0.250. The predicted molar refractivity (Wildman–Crippen MR) is 85.3 cm³/mol. The molecule has 3 nitrogen and oxygen atoms in total. The molecule has 1 fully saturated rings. The van der Waals surface area contributed by atoms with Gasteiger partial charge in [0.15, 0.2) is 0 Å². The first-order chi connectivity index (χ1) is 9.51. The third kappa shape index (κ3) is 3.37. The van der Waals surface area contributed by atoms with Crippen LogP contribution in [0.15, 0.2) is 0 Å². The molecule has 0 aliphatic heterocycles. The first-order valence-electron chi connectivity index (χ1n) is 7.94. The number of aromatic nitrogens is 2. The summed E-state index contributed by atoms with van der Waals surface area (Å²) in [5.74, 6) is 0.837. The van der Waals surface area contributed by atoms with Crippen LogP contribution in [-0.2, 0) is 13.0 Å². The highest BCUT2D eigenvalue weighted by Crippen LogP contribution is 2.47. The lowest BCUT2D eigenvalue weighted by Gasteiger charge is -2.30. The summed E-state index contributed by atoms with van der Waals surface area (Å²) in [5, 5.41) is 9.03. The maximum atomic E-state index is 6.48. The zero-order valence-electron chi connectivity index (χ0n) is 13.3. The van der Waals surface area contributed by atoms with E-state index in [1.165, 1.54) is 25.0 Å². The summed E-state index contributed by atoms with van der Waals surface area (Å²) >= 11 is 6.48. The van der Waals surface area contributed by atoms with Crippen molar-refractivity contribution >= 4 is 11.6 Å². The van der Waals surface area contributed by atoms with Crippen molar-refractivity contribution in [2.24, 2.45) is 11.3 Å². The van der Waals surface area contributed by atoms with Crippen LogP contribution < -0.4 is 5.32 Å². The number of nitrogens with one attached hydrogen (secondary N) is 1. The summed E-state index contributed by atoms with van der Waals surface area (Å²) in [6, 6.07) is 0. The summed E-state index contributed by atoms with van der Waals surface area (Å²) in [7, 11) is 0. The van der Waals surface area contributed by atoms with Crippen molar-refractivity contribution in [3.63, 3.8) is 0 Å². The summed E-state index contributed by atoms with van der Waals surface area (Å²) in [6.07, 6.45) is 4.94. The molecule has 0 radical (unpaired) electrons. The minimum absolute atomic E-state index is 0.304. The van der Waals surface area contributed by atoms with Gasteiger partial charge in [0.05, 0.1) is 16.4 Å². The fraction of sp³-hybridized carbons (Fsp3) is 0.812. The molecular formula is C16H28ClN3. The molecule has 1 aromatic rings. The second-order valence-electron chi connectivity index (χ2n) is 6.44. The molecule has 1 heterocycles. The van der Waals surface area contributed by atoms with E-state index in [0.717, 1.165) is 42.7 Å². The number of nitrogens with zero attached hydrogens (tertiary/aromatic N) is 2. The van der Waals surface area contributed by atoms with Crippen molar-refractivity contribution in [1.29, 1.82) is 0 Å². The van der Waals surface area contributed by atoms with Crippen molar-refractivity contribution in [1.82, 2.24) is 15.1 Å². The number of aryl methyl sites for hydroxylation is 2. The van der Waals surface area contributed by atoms with E-state index in [2.05, 4.69) is 35.9 Å². The molecule has 1 N–H and O–H groups in total. The molecule has 2 rings (SSSR count). The number of halogens is 1. The largest absolute Gasteiger partial charge is 0.316 e. The Hall–Kier alpha value is -0.540. The predicted octanol–water partition coefficient (Wildman–Crippen LogP) is 3.82. The lowest BCUT2D eigenvalue weighted by Crippen LogP contribution is -2.36. The normalized spacial score (nSPS) is 18.2. The second kappa shape index (κ2) is 6.48. The van der Waals surface area contributed by atoms with E-state index < -0.39 is 0 Å². The highest BCUT2D eigenvalue weighted by atomic mass is 35.5. The quantitative estimate of drug-likeness (QED) is 0.739. The molecule has 0 bridgehead atoms. The van der Waals surface area contributed by atoms with Crippen molar-refractivity contribution < 1.29 is 0 Å². The Balaban J connectivity index is 2.15. The van der Waals surface area contributed by atoms with E-state index in [9.17, 15) is 0 Å². The number of hydrogen-bond donors (Lipinski definition) is 1. The van der Waals surface area contributed by atoms with Gasteiger partial charge in [-0.25, -0.2) is 0 Å². The minimum Gasteiger partial charge on any atom is -0.316 e. The topological polar surface area (TPSA) is 29.9 Å². The van der Waals surface area contributed by atoms with E-state index in [1.807, 2.05) is 6.92 Å². The fourth-order valence-electron chi connectivity index (χ4n) is 3.10. The maximum Gasteiger partial charge on any atom is 0.0847 e. The molecule has 1 saturated carbocycles. The third-order valence-electron chi connectivity index (χ3n) is 4.54. The average Bonchev–Trinajstić information content (AvgIpc) is 3.23. The van der Waals surface area contributed by atoms with Gasteiger partial charge in [0.2, 0.25) is 0 Å². The van der Waals surface area contributed by atoms with Gasteiger partial charge in [-0.1, -0.05) is 25.4 Å². The monoisotopic (exact) mass is 297 g/mol. The van der Waals surface area contributed by atoms with Gasteiger partial charge in [0.25, 0.3) is 0 Å². The van der Waals surface area contributed by atoms with Gasteiger partial charge in [0.1, 0.15) is 0 Å². The Labute approximate surface area is 128 Å². The maximum absolute atomic E-state index is 6.48. The molecule has 1 atom stereocenters. The molecule has 0 saturated heterocycles. The van der Waals surface area contributed by atoms with Crippen molar-refractivity contribution in [2.45, 2.75) is 59.9 Å². The van der Waals surface area contributed by atoms with Crippen molar-refractivity contribution in [2.75, 3.05) is 13.1 Å². The van der Waals surface area contributed by atoms with Gasteiger partial charge < -0.3 is 5.32 Å². The minimum atomic E-state index is 0.304. The highest BCUT2D eigenvalue weighted by Gasteiger charge is 2.42. The van der Waals surface area contributed by atoms with E-state index in [4.69, 9.17) is 11.6 Å². The number of rotatable bonds is 8. The summed E-state index contributed by atoms with van der Waals surface area (Å²) in [5.41, 5.74) is 2.49. The molecule has 0 spiro atoms. The summed E-state index contributed by atoms with van der Waals surface area (Å²) in [6.45, 7) is 11.8. The van der Waals surface area contributed by atoms with Crippen LogP contribution in [0.5, 0.6) is 0 Å². The average molecular weight is 298 g/mol. The first-order valence-corrected chi connectivity index (χ1v) is 8.32. The van der Waals surface area contributed by atoms with Crippen LogP contribution in [-0.4, -0.2) is 22.9 Å². The molecule has 4 heteroatoms. The molecule has 1 aromatic heterocycles. The van der Waals surface area contributed by atoms with Gasteiger partial charge in [-0.3, -0.25) is 4.68 Å². The van der Waals surface area contributed by atoms with Gasteiger partial charge in [-0.05, 0) is 57.4 Å². The molecule has 1 unspecified atom stereocenters. The van der Waals surface area contributed by atoms with Crippen LogP contribution >= 0.6 is 11.6 Å². The van der Waals surface area contributed by atoms with E-state index >= 15 is 0 Å². The van der Waals surface area contributed by atoms with E-state index in [0.29, 0.717) is 5.41 Å². The van der Waals surface area contributed by atoms with Crippen LogP contribution in [0.4, 0.5) is 0 Å². The van der Waals surface area contributed by atoms with E-state index in [1.54, 1.807) is 0 Å². The molecule has 1 aliphatic rings. The van der Waals surface area contributed by atoms with Gasteiger partial charge in [-0.2, -0.15) is 5.10 Å².